The lowest BCUT2D eigenvalue weighted by Gasteiger charge is -2.10. The van der Waals surface area contributed by atoms with E-state index in [1.165, 1.54) is 24.4 Å². The third-order valence-corrected chi connectivity index (χ3v) is 3.15. The van der Waals surface area contributed by atoms with Gasteiger partial charge in [-0.15, -0.1) is 0 Å². The van der Waals surface area contributed by atoms with Crippen molar-refractivity contribution in [2.75, 3.05) is 11.1 Å². The first-order chi connectivity index (χ1) is 11.6. The van der Waals surface area contributed by atoms with Gasteiger partial charge in [0, 0.05) is 35.3 Å². The molecule has 3 N–H and O–H groups in total. The molecule has 1 aromatic heterocycles. The summed E-state index contributed by atoms with van der Waals surface area (Å²) in [5.41, 5.74) is 6.79. The van der Waals surface area contributed by atoms with E-state index >= 15 is 0 Å². The number of nitrogens with zero attached hydrogens (tertiary/aromatic N) is 1. The van der Waals surface area contributed by atoms with Gasteiger partial charge < -0.3 is 15.8 Å². The van der Waals surface area contributed by atoms with E-state index in [0.717, 1.165) is 0 Å². The minimum atomic E-state index is -0.528. The second-order valence-corrected chi connectivity index (χ2v) is 5.05. The molecule has 120 valence electrons. The molecule has 3 rings (SSSR count). The largest absolute Gasteiger partial charge is 0.456 e. The molecule has 0 fully saturated rings. The van der Waals surface area contributed by atoms with Crippen LogP contribution in [0.2, 0.25) is 0 Å². The number of nitrogen functional groups attached to an aromatic ring is 1. The summed E-state index contributed by atoms with van der Waals surface area (Å²) in [4.78, 5) is 16.1. The quantitative estimate of drug-likeness (QED) is 0.715. The Labute approximate surface area is 137 Å². The number of carbonyl (C=O) groups is 1. The molecule has 5 nitrogen and oxygen atoms in total. The van der Waals surface area contributed by atoms with Gasteiger partial charge in [-0.2, -0.15) is 0 Å². The highest BCUT2D eigenvalue weighted by Gasteiger charge is 2.09. The zero-order chi connectivity index (χ0) is 16.9. The molecule has 0 atom stereocenters. The van der Waals surface area contributed by atoms with Crippen LogP contribution in [0.15, 0.2) is 67.0 Å². The van der Waals surface area contributed by atoms with E-state index in [-0.39, 0.29) is 17.3 Å². The molecule has 1 heterocycles. The normalized spacial score (nSPS) is 10.2. The van der Waals surface area contributed by atoms with Crippen molar-refractivity contribution in [2.45, 2.75) is 0 Å². The molecule has 0 aliphatic heterocycles. The van der Waals surface area contributed by atoms with Crippen LogP contribution in [0.25, 0.3) is 0 Å². The summed E-state index contributed by atoms with van der Waals surface area (Å²) < 4.78 is 19.3. The van der Waals surface area contributed by atoms with E-state index in [4.69, 9.17) is 10.5 Å². The predicted molar refractivity (Wildman–Crippen MR) is 89.5 cm³/mol. The fourth-order valence-electron chi connectivity index (χ4n) is 2.12. The number of halogens is 1. The number of nitrogens with one attached hydrogen (secondary N) is 1. The van der Waals surface area contributed by atoms with Crippen molar-refractivity contribution in [1.82, 2.24) is 4.98 Å². The minimum Gasteiger partial charge on any atom is -0.456 e. The van der Waals surface area contributed by atoms with Crippen LogP contribution in [0, 0.1) is 5.82 Å². The number of aromatic nitrogens is 1. The Kier molecular flexibility index (Phi) is 4.38. The Balaban J connectivity index is 1.80. The molecule has 0 radical (unpaired) electrons. The van der Waals surface area contributed by atoms with E-state index < -0.39 is 5.82 Å². The molecule has 0 saturated carbocycles. The van der Waals surface area contributed by atoms with Crippen LogP contribution in [0.1, 0.15) is 10.4 Å². The van der Waals surface area contributed by atoms with Crippen molar-refractivity contribution in [2.24, 2.45) is 0 Å². The van der Waals surface area contributed by atoms with Crippen LogP contribution in [-0.4, -0.2) is 10.9 Å². The van der Waals surface area contributed by atoms with Gasteiger partial charge in [0.2, 0.25) is 0 Å². The summed E-state index contributed by atoms with van der Waals surface area (Å²) in [5, 5.41) is 2.62. The van der Waals surface area contributed by atoms with Crippen molar-refractivity contribution in [3.05, 3.63) is 78.4 Å². The number of amides is 1. The molecule has 0 aliphatic carbocycles. The summed E-state index contributed by atoms with van der Waals surface area (Å²) in [5.74, 6) is -0.193. The highest BCUT2D eigenvalue weighted by Crippen LogP contribution is 2.25. The predicted octanol–water partition coefficient (Wildman–Crippen LogP) is 3.85. The summed E-state index contributed by atoms with van der Waals surface area (Å²) in [6.07, 6.45) is 3.12. The molecule has 0 unspecified atom stereocenters. The fourth-order valence-corrected chi connectivity index (χ4v) is 2.12. The number of rotatable bonds is 4. The van der Waals surface area contributed by atoms with Gasteiger partial charge >= 0.3 is 0 Å². The lowest BCUT2D eigenvalue weighted by atomic mass is 10.2. The van der Waals surface area contributed by atoms with Gasteiger partial charge in [-0.1, -0.05) is 6.07 Å². The van der Waals surface area contributed by atoms with E-state index in [9.17, 15) is 9.18 Å². The average Bonchev–Trinajstić information content (AvgIpc) is 2.55. The van der Waals surface area contributed by atoms with E-state index in [0.29, 0.717) is 17.0 Å². The van der Waals surface area contributed by atoms with Crippen molar-refractivity contribution in [3.8, 4) is 11.5 Å². The van der Waals surface area contributed by atoms with Crippen LogP contribution in [0.3, 0.4) is 0 Å². The molecular formula is C18H14FN3O2. The summed E-state index contributed by atoms with van der Waals surface area (Å²) >= 11 is 0. The molecule has 2 aromatic carbocycles. The molecule has 0 spiro atoms. The molecule has 24 heavy (non-hydrogen) atoms. The Morgan fingerprint density at radius 3 is 2.71 bits per heavy atom. The van der Waals surface area contributed by atoms with Crippen LogP contribution in [-0.2, 0) is 0 Å². The maximum Gasteiger partial charge on any atom is 0.255 e. The number of hydrogen-bond donors (Lipinski definition) is 2. The SMILES string of the molecule is Nc1cccc(C(=O)Nc2cc(F)cc(Oc3cccnc3)c2)c1. The van der Waals surface area contributed by atoms with Crippen molar-refractivity contribution < 1.29 is 13.9 Å². The third kappa shape index (κ3) is 3.86. The summed E-state index contributed by atoms with van der Waals surface area (Å²) in [6, 6.07) is 13.9. The first-order valence-electron chi connectivity index (χ1n) is 7.15. The van der Waals surface area contributed by atoms with E-state index in [2.05, 4.69) is 10.3 Å². The Morgan fingerprint density at radius 2 is 1.96 bits per heavy atom. The van der Waals surface area contributed by atoms with Gasteiger partial charge in [-0.05, 0) is 36.4 Å². The van der Waals surface area contributed by atoms with Gasteiger partial charge in [-0.3, -0.25) is 9.78 Å². The number of carbonyl (C=O) groups excluding carboxylic acids is 1. The van der Waals surface area contributed by atoms with Crippen molar-refractivity contribution in [3.63, 3.8) is 0 Å². The van der Waals surface area contributed by atoms with Gasteiger partial charge in [0.15, 0.2) is 0 Å². The van der Waals surface area contributed by atoms with Crippen LogP contribution in [0.4, 0.5) is 15.8 Å². The van der Waals surface area contributed by atoms with Crippen LogP contribution >= 0.6 is 0 Å². The molecule has 0 aliphatic rings. The van der Waals surface area contributed by atoms with E-state index in [1.807, 2.05) is 0 Å². The topological polar surface area (TPSA) is 77.2 Å². The van der Waals surface area contributed by atoms with E-state index in [1.54, 1.807) is 42.6 Å². The standard InChI is InChI=1S/C18H14FN3O2/c19-13-8-15(22-18(23)12-3-1-4-14(20)7-12)10-17(9-13)24-16-5-2-6-21-11-16/h1-11H,20H2,(H,22,23). The molecule has 1 amide bonds. The molecule has 0 saturated heterocycles. The number of hydrogen-bond acceptors (Lipinski definition) is 4. The smallest absolute Gasteiger partial charge is 0.255 e. The number of nitrogens with two attached hydrogens (primary N) is 1. The maximum absolute atomic E-state index is 13.8. The van der Waals surface area contributed by atoms with Gasteiger partial charge in [-0.25, -0.2) is 4.39 Å². The molecule has 3 aromatic rings. The molecular weight excluding hydrogens is 309 g/mol. The zero-order valence-corrected chi connectivity index (χ0v) is 12.6. The summed E-state index contributed by atoms with van der Waals surface area (Å²) in [6.45, 7) is 0. The molecule has 0 bridgehead atoms. The number of ether oxygens (including phenoxy) is 1. The second kappa shape index (κ2) is 6.78. The number of pyridine rings is 1. The lowest BCUT2D eigenvalue weighted by molar-refractivity contribution is 0.102. The van der Waals surface area contributed by atoms with Crippen LogP contribution in [0.5, 0.6) is 11.5 Å². The maximum atomic E-state index is 13.8. The van der Waals surface area contributed by atoms with Crippen molar-refractivity contribution in [1.29, 1.82) is 0 Å². The van der Waals surface area contributed by atoms with Crippen molar-refractivity contribution >= 4 is 17.3 Å². The zero-order valence-electron chi connectivity index (χ0n) is 12.6. The van der Waals surface area contributed by atoms with Gasteiger partial charge in [0.1, 0.15) is 17.3 Å². The fraction of sp³-hybridized carbons (Fsp3) is 0. The third-order valence-electron chi connectivity index (χ3n) is 3.15. The Bertz CT molecular complexity index is 869. The lowest BCUT2D eigenvalue weighted by Crippen LogP contribution is -2.12. The second-order valence-electron chi connectivity index (χ2n) is 5.05. The van der Waals surface area contributed by atoms with Crippen LogP contribution < -0.4 is 15.8 Å². The monoisotopic (exact) mass is 323 g/mol. The average molecular weight is 323 g/mol. The Hall–Kier alpha value is -3.41. The summed E-state index contributed by atoms with van der Waals surface area (Å²) in [7, 11) is 0. The number of anilines is 2. The highest BCUT2D eigenvalue weighted by atomic mass is 19.1. The first-order valence-corrected chi connectivity index (χ1v) is 7.15. The van der Waals surface area contributed by atoms with Gasteiger partial charge in [0.25, 0.3) is 5.91 Å². The number of benzene rings is 2. The minimum absolute atomic E-state index is 0.255. The Morgan fingerprint density at radius 1 is 1.08 bits per heavy atom. The van der Waals surface area contributed by atoms with Gasteiger partial charge in [0.05, 0.1) is 6.20 Å². The molecule has 6 heteroatoms. The first kappa shape index (κ1) is 15.5. The highest BCUT2D eigenvalue weighted by molar-refractivity contribution is 6.04.